The second-order valence-electron chi connectivity index (χ2n) is 2.48. The standard InChI is InChI=1S/C9H11FOS/c1-7-2-3-8(10)6-9(7)11-4-5-12/h2-3,6,12H,4-5H2,1H3. The van der Waals surface area contributed by atoms with Gasteiger partial charge in [-0.1, -0.05) is 6.07 Å². The molecule has 0 amide bonds. The molecule has 1 rings (SSSR count). The third-order valence-corrected chi connectivity index (χ3v) is 1.68. The van der Waals surface area contributed by atoms with Gasteiger partial charge in [-0.05, 0) is 18.6 Å². The van der Waals surface area contributed by atoms with Gasteiger partial charge >= 0.3 is 0 Å². The van der Waals surface area contributed by atoms with Crippen LogP contribution in [0, 0.1) is 12.7 Å². The highest BCUT2D eigenvalue weighted by Gasteiger charge is 1.99. The van der Waals surface area contributed by atoms with E-state index in [1.807, 2.05) is 6.92 Å². The molecule has 0 radical (unpaired) electrons. The Balaban J connectivity index is 2.75. The molecule has 0 saturated carbocycles. The van der Waals surface area contributed by atoms with Gasteiger partial charge in [-0.25, -0.2) is 4.39 Å². The molecule has 1 nitrogen and oxygen atoms in total. The molecule has 1 aromatic carbocycles. The van der Waals surface area contributed by atoms with E-state index in [1.54, 1.807) is 6.07 Å². The van der Waals surface area contributed by atoms with Crippen molar-refractivity contribution in [3.8, 4) is 5.75 Å². The predicted octanol–water partition coefficient (Wildman–Crippen LogP) is 2.44. The normalized spacial score (nSPS) is 9.92. The third-order valence-electron chi connectivity index (χ3n) is 1.50. The van der Waals surface area contributed by atoms with Crippen molar-refractivity contribution in [1.29, 1.82) is 0 Å². The second-order valence-corrected chi connectivity index (χ2v) is 2.93. The first-order valence-corrected chi connectivity index (χ1v) is 4.37. The summed E-state index contributed by atoms with van der Waals surface area (Å²) in [6.45, 7) is 2.39. The molecule has 66 valence electrons. The Morgan fingerprint density at radius 3 is 2.92 bits per heavy atom. The molecule has 0 N–H and O–H groups in total. The van der Waals surface area contributed by atoms with E-state index in [9.17, 15) is 4.39 Å². The summed E-state index contributed by atoms with van der Waals surface area (Å²) in [5, 5.41) is 0. The van der Waals surface area contributed by atoms with Crippen molar-refractivity contribution >= 4 is 12.6 Å². The average molecular weight is 186 g/mol. The topological polar surface area (TPSA) is 9.23 Å². The van der Waals surface area contributed by atoms with Gasteiger partial charge in [-0.3, -0.25) is 0 Å². The molecule has 0 atom stereocenters. The molecule has 0 fully saturated rings. The lowest BCUT2D eigenvalue weighted by Gasteiger charge is -2.06. The minimum Gasteiger partial charge on any atom is -0.492 e. The van der Waals surface area contributed by atoms with Crippen LogP contribution in [0.15, 0.2) is 18.2 Å². The first-order chi connectivity index (χ1) is 5.74. The van der Waals surface area contributed by atoms with Crippen LogP contribution in [0.1, 0.15) is 5.56 Å². The van der Waals surface area contributed by atoms with Crippen molar-refractivity contribution in [2.24, 2.45) is 0 Å². The van der Waals surface area contributed by atoms with Gasteiger partial charge in [-0.15, -0.1) is 0 Å². The van der Waals surface area contributed by atoms with Gasteiger partial charge in [0.15, 0.2) is 0 Å². The highest BCUT2D eigenvalue weighted by atomic mass is 32.1. The van der Waals surface area contributed by atoms with Gasteiger partial charge in [0, 0.05) is 11.8 Å². The molecule has 0 bridgehead atoms. The van der Waals surface area contributed by atoms with Crippen molar-refractivity contribution in [2.75, 3.05) is 12.4 Å². The summed E-state index contributed by atoms with van der Waals surface area (Å²) >= 11 is 3.99. The summed E-state index contributed by atoms with van der Waals surface area (Å²) in [5.41, 5.74) is 0.943. The van der Waals surface area contributed by atoms with Crippen molar-refractivity contribution in [1.82, 2.24) is 0 Å². The summed E-state index contributed by atoms with van der Waals surface area (Å²) in [5.74, 6) is 0.967. The monoisotopic (exact) mass is 186 g/mol. The van der Waals surface area contributed by atoms with Crippen LogP contribution in [0.2, 0.25) is 0 Å². The summed E-state index contributed by atoms with van der Waals surface area (Å²) in [6.07, 6.45) is 0. The molecule has 12 heavy (non-hydrogen) atoms. The van der Waals surface area contributed by atoms with E-state index < -0.39 is 0 Å². The maximum Gasteiger partial charge on any atom is 0.126 e. The Hall–Kier alpha value is -0.700. The zero-order valence-corrected chi connectivity index (χ0v) is 7.77. The van der Waals surface area contributed by atoms with Crippen LogP contribution in [-0.4, -0.2) is 12.4 Å². The molecule has 0 aliphatic carbocycles. The minimum absolute atomic E-state index is 0.269. The maximum atomic E-state index is 12.7. The molecule has 0 aliphatic rings. The molecule has 0 unspecified atom stereocenters. The number of rotatable bonds is 3. The quantitative estimate of drug-likeness (QED) is 0.713. The Labute approximate surface area is 77.0 Å². The van der Waals surface area contributed by atoms with Crippen LogP contribution in [0.5, 0.6) is 5.75 Å². The SMILES string of the molecule is Cc1ccc(F)cc1OCCS. The number of halogens is 1. The largest absolute Gasteiger partial charge is 0.492 e. The van der Waals surface area contributed by atoms with E-state index in [4.69, 9.17) is 4.74 Å². The highest BCUT2D eigenvalue weighted by molar-refractivity contribution is 7.80. The summed E-state index contributed by atoms with van der Waals surface area (Å²) in [7, 11) is 0. The number of ether oxygens (including phenoxy) is 1. The summed E-state index contributed by atoms with van der Waals surface area (Å²) in [6, 6.07) is 4.50. The second kappa shape index (κ2) is 4.36. The molecule has 0 aromatic heterocycles. The zero-order chi connectivity index (χ0) is 8.97. The molecular weight excluding hydrogens is 175 g/mol. The Morgan fingerprint density at radius 1 is 1.50 bits per heavy atom. The third kappa shape index (κ3) is 2.41. The molecule has 1 aromatic rings. The van der Waals surface area contributed by atoms with Crippen molar-refractivity contribution in [3.05, 3.63) is 29.6 Å². The van der Waals surface area contributed by atoms with Gasteiger partial charge in [0.05, 0.1) is 6.61 Å². The maximum absolute atomic E-state index is 12.7. The predicted molar refractivity (Wildman–Crippen MR) is 50.5 cm³/mol. The van der Waals surface area contributed by atoms with Gasteiger partial charge < -0.3 is 4.74 Å². The van der Waals surface area contributed by atoms with E-state index in [0.29, 0.717) is 18.1 Å². The molecule has 0 spiro atoms. The molecule has 0 aliphatic heterocycles. The fourth-order valence-electron chi connectivity index (χ4n) is 0.885. The fraction of sp³-hybridized carbons (Fsp3) is 0.333. The van der Waals surface area contributed by atoms with Crippen molar-refractivity contribution < 1.29 is 9.13 Å². The van der Waals surface area contributed by atoms with Crippen LogP contribution >= 0.6 is 12.6 Å². The van der Waals surface area contributed by atoms with Gasteiger partial charge in [0.2, 0.25) is 0 Å². The first-order valence-electron chi connectivity index (χ1n) is 3.74. The lowest BCUT2D eigenvalue weighted by molar-refractivity contribution is 0.340. The highest BCUT2D eigenvalue weighted by Crippen LogP contribution is 2.18. The molecule has 3 heteroatoms. The van der Waals surface area contributed by atoms with Crippen molar-refractivity contribution in [2.45, 2.75) is 6.92 Å². The number of aryl methyl sites for hydroxylation is 1. The number of hydrogen-bond acceptors (Lipinski definition) is 2. The molecule has 0 heterocycles. The number of hydrogen-bond donors (Lipinski definition) is 1. The van der Waals surface area contributed by atoms with Crippen LogP contribution in [0.4, 0.5) is 4.39 Å². The summed E-state index contributed by atoms with van der Waals surface area (Å²) < 4.78 is 17.9. The Morgan fingerprint density at radius 2 is 2.25 bits per heavy atom. The average Bonchev–Trinajstić information content (AvgIpc) is 2.07. The van der Waals surface area contributed by atoms with Crippen LogP contribution in [0.3, 0.4) is 0 Å². The van der Waals surface area contributed by atoms with E-state index in [-0.39, 0.29) is 5.82 Å². The Bertz CT molecular complexity index is 263. The lowest BCUT2D eigenvalue weighted by Crippen LogP contribution is -1.99. The molecule has 0 saturated heterocycles. The van der Waals surface area contributed by atoms with Crippen LogP contribution < -0.4 is 4.74 Å². The van der Waals surface area contributed by atoms with E-state index in [1.165, 1.54) is 12.1 Å². The van der Waals surface area contributed by atoms with Crippen LogP contribution in [-0.2, 0) is 0 Å². The van der Waals surface area contributed by atoms with Gasteiger partial charge in [0.25, 0.3) is 0 Å². The van der Waals surface area contributed by atoms with Crippen LogP contribution in [0.25, 0.3) is 0 Å². The van der Waals surface area contributed by atoms with Crippen molar-refractivity contribution in [3.63, 3.8) is 0 Å². The number of thiol groups is 1. The smallest absolute Gasteiger partial charge is 0.126 e. The first kappa shape index (κ1) is 9.39. The van der Waals surface area contributed by atoms with E-state index >= 15 is 0 Å². The van der Waals surface area contributed by atoms with E-state index in [0.717, 1.165) is 5.56 Å². The minimum atomic E-state index is -0.269. The molecular formula is C9H11FOS. The van der Waals surface area contributed by atoms with E-state index in [2.05, 4.69) is 12.6 Å². The lowest BCUT2D eigenvalue weighted by atomic mass is 10.2. The fourth-order valence-corrected chi connectivity index (χ4v) is 0.976. The van der Waals surface area contributed by atoms with Gasteiger partial charge in [-0.2, -0.15) is 12.6 Å². The number of benzene rings is 1. The van der Waals surface area contributed by atoms with Gasteiger partial charge in [0.1, 0.15) is 11.6 Å². The summed E-state index contributed by atoms with van der Waals surface area (Å²) in [4.78, 5) is 0. The zero-order valence-electron chi connectivity index (χ0n) is 6.88. The Kier molecular flexibility index (Phi) is 3.41.